The van der Waals surface area contributed by atoms with Gasteiger partial charge in [0.05, 0.1) is 11.9 Å². The molecule has 0 spiro atoms. The zero-order chi connectivity index (χ0) is 26.3. The van der Waals surface area contributed by atoms with Crippen LogP contribution in [0, 0.1) is 5.82 Å². The van der Waals surface area contributed by atoms with E-state index in [4.69, 9.17) is 15.2 Å². The Morgan fingerprint density at radius 1 is 1.08 bits per heavy atom. The largest absolute Gasteiger partial charge is 0.457 e. The van der Waals surface area contributed by atoms with Crippen LogP contribution in [0.1, 0.15) is 49.2 Å². The zero-order valence-electron chi connectivity index (χ0n) is 20.8. The van der Waals surface area contributed by atoms with Gasteiger partial charge in [0, 0.05) is 30.1 Å². The van der Waals surface area contributed by atoms with E-state index in [0.717, 1.165) is 17.5 Å². The number of aromatic nitrogens is 3. The van der Waals surface area contributed by atoms with Gasteiger partial charge in [-0.1, -0.05) is 0 Å². The number of aromatic amines is 1. The maximum Gasteiger partial charge on any atom is 0.410 e. The number of hydrogen-bond acceptors (Lipinski definition) is 5. The van der Waals surface area contributed by atoms with Gasteiger partial charge >= 0.3 is 6.09 Å². The van der Waals surface area contributed by atoms with E-state index in [1.54, 1.807) is 47.5 Å². The first-order chi connectivity index (χ1) is 17.6. The number of nitrogens with one attached hydrogen (secondary N) is 1. The summed E-state index contributed by atoms with van der Waals surface area (Å²) in [5.74, 6) is 0.133. The molecule has 5 rings (SSSR count). The highest BCUT2D eigenvalue weighted by Crippen LogP contribution is 2.34. The molecule has 37 heavy (non-hydrogen) atoms. The lowest BCUT2D eigenvalue weighted by atomic mass is 10.0. The first kappa shape index (κ1) is 24.4. The summed E-state index contributed by atoms with van der Waals surface area (Å²) in [6.07, 6.45) is 2.12. The molecule has 2 amide bonds. The highest BCUT2D eigenvalue weighted by atomic mass is 19.1. The van der Waals surface area contributed by atoms with Crippen molar-refractivity contribution in [3.8, 4) is 22.8 Å². The summed E-state index contributed by atoms with van der Waals surface area (Å²) in [7, 11) is 0. The lowest BCUT2D eigenvalue weighted by Crippen LogP contribution is -2.35. The fourth-order valence-corrected chi connectivity index (χ4v) is 4.51. The van der Waals surface area contributed by atoms with Crippen LogP contribution in [0.15, 0.2) is 54.7 Å². The smallest absolute Gasteiger partial charge is 0.410 e. The van der Waals surface area contributed by atoms with Gasteiger partial charge in [0.15, 0.2) is 5.69 Å². The molecule has 4 aromatic rings. The number of ether oxygens (including phenoxy) is 2. The third-order valence-corrected chi connectivity index (χ3v) is 6.20. The summed E-state index contributed by atoms with van der Waals surface area (Å²) in [5, 5.41) is 4.43. The Bertz CT molecular complexity index is 1450. The molecule has 1 aliphatic rings. The number of likely N-dealkylation sites (tertiary alicyclic amines) is 1. The summed E-state index contributed by atoms with van der Waals surface area (Å²) < 4.78 is 25.9. The summed E-state index contributed by atoms with van der Waals surface area (Å²) in [4.78, 5) is 30.0. The van der Waals surface area contributed by atoms with E-state index >= 15 is 0 Å². The zero-order valence-corrected chi connectivity index (χ0v) is 20.8. The van der Waals surface area contributed by atoms with Crippen LogP contribution in [0.3, 0.4) is 0 Å². The molecule has 3 heterocycles. The van der Waals surface area contributed by atoms with Crippen molar-refractivity contribution >= 4 is 17.6 Å². The summed E-state index contributed by atoms with van der Waals surface area (Å²) >= 11 is 0. The monoisotopic (exact) mass is 505 g/mol. The normalized spacial score (nSPS) is 15.8. The van der Waals surface area contributed by atoms with Crippen molar-refractivity contribution in [3.05, 3.63) is 71.8 Å². The average Bonchev–Trinajstić information content (AvgIpc) is 3.55. The molecule has 2 aromatic carbocycles. The number of primary amides is 1. The van der Waals surface area contributed by atoms with Crippen molar-refractivity contribution in [2.24, 2.45) is 5.73 Å². The van der Waals surface area contributed by atoms with Crippen LogP contribution in [0.4, 0.5) is 9.18 Å². The number of benzene rings is 2. The third-order valence-electron chi connectivity index (χ3n) is 6.20. The standard InChI is InChI=1S/C27H28FN5O4/c1-27(2,3)37-26(35)32-13-12-17(15-32)21-14-30-33-23(24(29)34)22(31-25(21)33)16-4-8-19(9-5-16)36-20-10-6-18(28)7-11-20/h4-11,14,17,31H,12-13,15H2,1-3H3,(H2,29,34). The Labute approximate surface area is 213 Å². The minimum atomic E-state index is -0.621. The molecule has 1 unspecified atom stereocenters. The van der Waals surface area contributed by atoms with Crippen molar-refractivity contribution < 1.29 is 23.5 Å². The van der Waals surface area contributed by atoms with Crippen molar-refractivity contribution in [1.82, 2.24) is 19.5 Å². The molecular weight excluding hydrogens is 477 g/mol. The van der Waals surface area contributed by atoms with E-state index in [2.05, 4.69) is 10.1 Å². The first-order valence-corrected chi connectivity index (χ1v) is 12.0. The van der Waals surface area contributed by atoms with Gasteiger partial charge in [-0.25, -0.2) is 13.7 Å². The minimum Gasteiger partial charge on any atom is -0.457 e. The number of imidazole rings is 1. The van der Waals surface area contributed by atoms with Crippen LogP contribution in [0.2, 0.25) is 0 Å². The van der Waals surface area contributed by atoms with Crippen molar-refractivity contribution in [2.75, 3.05) is 13.1 Å². The number of carbonyl (C=O) groups is 2. The Balaban J connectivity index is 1.40. The van der Waals surface area contributed by atoms with E-state index in [0.29, 0.717) is 35.9 Å². The van der Waals surface area contributed by atoms with Gasteiger partial charge in [-0.2, -0.15) is 5.10 Å². The first-order valence-electron chi connectivity index (χ1n) is 12.0. The van der Waals surface area contributed by atoms with Crippen LogP contribution in [0.25, 0.3) is 16.9 Å². The van der Waals surface area contributed by atoms with Gasteiger partial charge in [-0.15, -0.1) is 0 Å². The molecule has 1 saturated heterocycles. The number of fused-ring (bicyclic) bond motifs is 1. The number of nitrogens with two attached hydrogens (primary N) is 1. The fourth-order valence-electron chi connectivity index (χ4n) is 4.51. The highest BCUT2D eigenvalue weighted by molar-refractivity contribution is 5.98. The SMILES string of the molecule is CC(C)(C)OC(=O)N1CCC(c2cnn3c(C(N)=O)c(-c4ccc(Oc5ccc(F)cc5)cc4)[nH]c23)C1. The highest BCUT2D eigenvalue weighted by Gasteiger charge is 2.33. The molecular formula is C27H28FN5O4. The molecule has 2 aromatic heterocycles. The Kier molecular flexibility index (Phi) is 6.10. The Hall–Kier alpha value is -4.34. The second-order valence-corrected chi connectivity index (χ2v) is 10.1. The van der Waals surface area contributed by atoms with Gasteiger partial charge in [-0.3, -0.25) is 4.79 Å². The quantitative estimate of drug-likeness (QED) is 0.392. The molecule has 192 valence electrons. The van der Waals surface area contributed by atoms with E-state index in [-0.39, 0.29) is 23.5 Å². The number of hydrogen-bond donors (Lipinski definition) is 2. The summed E-state index contributed by atoms with van der Waals surface area (Å²) in [5.41, 5.74) is 8.23. The van der Waals surface area contributed by atoms with E-state index in [1.165, 1.54) is 16.6 Å². The average molecular weight is 506 g/mol. The molecule has 9 nitrogen and oxygen atoms in total. The minimum absolute atomic E-state index is 0.0312. The molecule has 0 saturated carbocycles. The van der Waals surface area contributed by atoms with Gasteiger partial charge in [0.2, 0.25) is 0 Å². The maximum atomic E-state index is 13.1. The van der Waals surface area contributed by atoms with Crippen LogP contribution in [-0.2, 0) is 4.74 Å². The van der Waals surface area contributed by atoms with E-state index in [1.807, 2.05) is 20.8 Å². The van der Waals surface area contributed by atoms with Gasteiger partial charge in [-0.05, 0) is 75.7 Å². The van der Waals surface area contributed by atoms with Gasteiger partial charge in [0.1, 0.15) is 28.6 Å². The molecule has 1 atom stereocenters. The number of rotatable bonds is 5. The second kappa shape index (κ2) is 9.27. The third kappa shape index (κ3) is 5.00. The predicted molar refractivity (Wildman–Crippen MR) is 135 cm³/mol. The molecule has 3 N–H and O–H groups in total. The fraction of sp³-hybridized carbons (Fsp3) is 0.296. The molecule has 0 radical (unpaired) electrons. The van der Waals surface area contributed by atoms with Crippen molar-refractivity contribution in [3.63, 3.8) is 0 Å². The van der Waals surface area contributed by atoms with E-state index in [9.17, 15) is 14.0 Å². The molecule has 0 aliphatic carbocycles. The lowest BCUT2D eigenvalue weighted by Gasteiger charge is -2.24. The number of carbonyl (C=O) groups excluding carboxylic acids is 2. The van der Waals surface area contributed by atoms with Gasteiger partial charge in [0.25, 0.3) is 5.91 Å². The number of halogens is 1. The molecule has 10 heteroatoms. The Morgan fingerprint density at radius 2 is 1.73 bits per heavy atom. The number of amides is 2. The second-order valence-electron chi connectivity index (χ2n) is 10.1. The molecule has 0 bridgehead atoms. The summed E-state index contributed by atoms with van der Waals surface area (Å²) in [6.45, 7) is 6.59. The van der Waals surface area contributed by atoms with Crippen LogP contribution >= 0.6 is 0 Å². The Morgan fingerprint density at radius 3 is 2.35 bits per heavy atom. The van der Waals surface area contributed by atoms with Crippen LogP contribution in [-0.4, -0.2) is 50.2 Å². The number of H-pyrrole nitrogens is 1. The van der Waals surface area contributed by atoms with E-state index < -0.39 is 11.5 Å². The molecule has 1 aliphatic heterocycles. The predicted octanol–water partition coefficient (Wildman–Crippen LogP) is 5.08. The maximum absolute atomic E-state index is 13.1. The number of nitrogens with zero attached hydrogens (tertiary/aromatic N) is 3. The van der Waals surface area contributed by atoms with Crippen molar-refractivity contribution in [1.29, 1.82) is 0 Å². The van der Waals surface area contributed by atoms with Crippen molar-refractivity contribution in [2.45, 2.75) is 38.7 Å². The molecule has 1 fully saturated rings. The van der Waals surface area contributed by atoms with Gasteiger partial charge < -0.3 is 25.1 Å². The summed E-state index contributed by atoms with van der Waals surface area (Å²) in [6, 6.07) is 12.9. The topological polar surface area (TPSA) is 115 Å². The lowest BCUT2D eigenvalue weighted by molar-refractivity contribution is 0.0292. The van der Waals surface area contributed by atoms with Crippen LogP contribution < -0.4 is 10.5 Å². The van der Waals surface area contributed by atoms with Crippen LogP contribution in [0.5, 0.6) is 11.5 Å².